The third-order valence-corrected chi connectivity index (χ3v) is 6.10. The molecule has 0 saturated carbocycles. The van der Waals surface area contributed by atoms with Gasteiger partial charge in [0.25, 0.3) is 0 Å². The lowest BCUT2D eigenvalue weighted by Gasteiger charge is -2.31. The second-order valence-electron chi connectivity index (χ2n) is 7.24. The number of thiocarbonyl (C=S) groups is 1. The first-order chi connectivity index (χ1) is 13.4. The fraction of sp³-hybridized carbons (Fsp3) is 0.348. The molecule has 0 fully saturated rings. The molecule has 0 bridgehead atoms. The van der Waals surface area contributed by atoms with Gasteiger partial charge >= 0.3 is 0 Å². The van der Waals surface area contributed by atoms with Crippen LogP contribution in [0.3, 0.4) is 0 Å². The maximum atomic E-state index is 6.28. The van der Waals surface area contributed by atoms with Crippen molar-refractivity contribution >= 4 is 45.5 Å². The quantitative estimate of drug-likeness (QED) is 0.458. The van der Waals surface area contributed by atoms with Crippen molar-refractivity contribution in [1.29, 1.82) is 0 Å². The normalized spacial score (nSPS) is 12.2. The second-order valence-corrected chi connectivity index (χ2v) is 8.03. The van der Waals surface area contributed by atoms with Gasteiger partial charge in [-0.15, -0.1) is 0 Å². The summed E-state index contributed by atoms with van der Waals surface area (Å²) < 4.78 is 2.30. The predicted molar refractivity (Wildman–Crippen MR) is 125 cm³/mol. The molecule has 3 nitrogen and oxygen atoms in total. The number of hydrogen-bond donors (Lipinski definition) is 1. The molecule has 2 aromatic carbocycles. The van der Waals surface area contributed by atoms with E-state index in [0.29, 0.717) is 6.04 Å². The van der Waals surface area contributed by atoms with Crippen molar-refractivity contribution in [3.63, 3.8) is 0 Å². The topological polar surface area (TPSA) is 20.2 Å². The number of rotatable bonds is 6. The molecule has 0 spiro atoms. The predicted octanol–water partition coefficient (Wildman–Crippen LogP) is 6.62. The lowest BCUT2D eigenvalue weighted by molar-refractivity contribution is 0.320. The zero-order chi connectivity index (χ0) is 20.3. The van der Waals surface area contributed by atoms with Gasteiger partial charge in [-0.3, -0.25) is 0 Å². The minimum absolute atomic E-state index is 0.324. The molecule has 148 valence electrons. The molecule has 1 heterocycles. The molecule has 1 aromatic heterocycles. The van der Waals surface area contributed by atoms with E-state index in [1.165, 1.54) is 16.5 Å². The molecule has 0 aliphatic carbocycles. The number of anilines is 1. The molecule has 0 radical (unpaired) electrons. The Hall–Kier alpha value is -2.04. The van der Waals surface area contributed by atoms with Gasteiger partial charge in [0.1, 0.15) is 0 Å². The lowest BCUT2D eigenvalue weighted by atomic mass is 10.1. The number of nitrogens with one attached hydrogen (secondary N) is 1. The van der Waals surface area contributed by atoms with E-state index in [9.17, 15) is 0 Å². The van der Waals surface area contributed by atoms with Crippen molar-refractivity contribution in [1.82, 2.24) is 9.47 Å². The summed E-state index contributed by atoms with van der Waals surface area (Å²) in [5.74, 6) is 0. The van der Waals surface area contributed by atoms with Crippen molar-refractivity contribution in [3.8, 4) is 0 Å². The summed E-state index contributed by atoms with van der Waals surface area (Å²) >= 11 is 12.1. The number of benzene rings is 2. The van der Waals surface area contributed by atoms with Crippen molar-refractivity contribution in [2.45, 2.75) is 53.2 Å². The van der Waals surface area contributed by atoms with Gasteiger partial charge < -0.3 is 14.8 Å². The fourth-order valence-corrected chi connectivity index (χ4v) is 3.95. The Morgan fingerprint density at radius 1 is 1.21 bits per heavy atom. The fourth-order valence-electron chi connectivity index (χ4n) is 3.41. The van der Waals surface area contributed by atoms with E-state index >= 15 is 0 Å². The Morgan fingerprint density at radius 3 is 2.64 bits per heavy atom. The summed E-state index contributed by atoms with van der Waals surface area (Å²) in [4.78, 5) is 2.27. The Balaban J connectivity index is 1.88. The van der Waals surface area contributed by atoms with E-state index in [0.717, 1.165) is 40.9 Å². The molecular formula is C23H28ClN3S. The van der Waals surface area contributed by atoms with E-state index in [1.807, 2.05) is 25.1 Å². The van der Waals surface area contributed by atoms with Gasteiger partial charge in [0, 0.05) is 46.9 Å². The van der Waals surface area contributed by atoms with Gasteiger partial charge in [-0.2, -0.15) is 0 Å². The molecule has 0 amide bonds. The van der Waals surface area contributed by atoms with Crippen LogP contribution in [0, 0.1) is 6.92 Å². The maximum absolute atomic E-state index is 6.28. The first kappa shape index (κ1) is 20.7. The van der Waals surface area contributed by atoms with Gasteiger partial charge in [-0.05, 0) is 68.7 Å². The largest absolute Gasteiger partial charge is 0.347 e. The number of aromatic nitrogens is 1. The molecule has 28 heavy (non-hydrogen) atoms. The molecule has 0 aliphatic heterocycles. The third kappa shape index (κ3) is 4.34. The number of nitrogens with zero attached hydrogens (tertiary/aromatic N) is 2. The first-order valence-electron chi connectivity index (χ1n) is 9.85. The zero-order valence-electron chi connectivity index (χ0n) is 17.0. The molecule has 1 unspecified atom stereocenters. The maximum Gasteiger partial charge on any atom is 0.173 e. The van der Waals surface area contributed by atoms with E-state index in [-0.39, 0.29) is 0 Å². The smallest absolute Gasteiger partial charge is 0.173 e. The van der Waals surface area contributed by atoms with Crippen LogP contribution in [0.5, 0.6) is 0 Å². The van der Waals surface area contributed by atoms with Crippen LogP contribution in [0.1, 0.15) is 38.3 Å². The summed E-state index contributed by atoms with van der Waals surface area (Å²) in [5, 5.41) is 6.14. The molecule has 5 heteroatoms. The van der Waals surface area contributed by atoms with Crippen LogP contribution in [0.25, 0.3) is 10.9 Å². The lowest BCUT2D eigenvalue weighted by Crippen LogP contribution is -2.40. The summed E-state index contributed by atoms with van der Waals surface area (Å²) in [6, 6.07) is 14.9. The Bertz CT molecular complexity index is 979. The van der Waals surface area contributed by atoms with Crippen LogP contribution in [-0.2, 0) is 13.1 Å². The molecular weight excluding hydrogens is 386 g/mol. The minimum Gasteiger partial charge on any atom is -0.347 e. The molecule has 1 N–H and O–H groups in total. The van der Waals surface area contributed by atoms with Crippen molar-refractivity contribution in [2.24, 2.45) is 0 Å². The summed E-state index contributed by atoms with van der Waals surface area (Å²) in [6.45, 7) is 10.3. The van der Waals surface area contributed by atoms with Crippen molar-refractivity contribution < 1.29 is 0 Å². The Labute approximate surface area is 178 Å². The number of fused-ring (bicyclic) bond motifs is 1. The van der Waals surface area contributed by atoms with E-state index in [2.05, 4.69) is 66.0 Å². The summed E-state index contributed by atoms with van der Waals surface area (Å²) in [5.41, 5.74) is 4.55. The van der Waals surface area contributed by atoms with Gasteiger partial charge in [0.05, 0.1) is 0 Å². The number of hydrogen-bond acceptors (Lipinski definition) is 1. The summed E-state index contributed by atoms with van der Waals surface area (Å²) in [7, 11) is 0. The Morgan fingerprint density at radius 2 is 1.96 bits per heavy atom. The van der Waals surface area contributed by atoms with E-state index in [1.54, 1.807) is 0 Å². The minimum atomic E-state index is 0.324. The standard InChI is InChI=1S/C23H28ClN3S/c1-5-17(4)27(23(28)25-19-12-11-16(3)21(24)13-19)15-18-14-26(6-2)22-10-8-7-9-20(18)22/h7-14,17H,5-6,15H2,1-4H3,(H,25,28). The number of para-hydroxylation sites is 1. The summed E-state index contributed by atoms with van der Waals surface area (Å²) in [6.07, 6.45) is 3.27. The molecule has 3 rings (SSSR count). The average molecular weight is 414 g/mol. The molecule has 3 aromatic rings. The Kier molecular flexibility index (Phi) is 6.63. The zero-order valence-corrected chi connectivity index (χ0v) is 18.6. The molecule has 1 atom stereocenters. The van der Waals surface area contributed by atoms with Crippen LogP contribution >= 0.6 is 23.8 Å². The SMILES string of the molecule is CCC(C)N(Cc1cn(CC)c2ccccc12)C(=S)Nc1ccc(C)c(Cl)c1. The van der Waals surface area contributed by atoms with Crippen LogP contribution in [0.4, 0.5) is 5.69 Å². The van der Waals surface area contributed by atoms with Gasteiger partial charge in [-0.1, -0.05) is 42.8 Å². The number of aryl methyl sites for hydroxylation is 2. The first-order valence-corrected chi connectivity index (χ1v) is 10.6. The highest BCUT2D eigenvalue weighted by Crippen LogP contribution is 2.25. The molecule has 0 aliphatic rings. The van der Waals surface area contributed by atoms with Gasteiger partial charge in [0.2, 0.25) is 0 Å². The van der Waals surface area contributed by atoms with Gasteiger partial charge in [-0.25, -0.2) is 0 Å². The van der Waals surface area contributed by atoms with Crippen LogP contribution in [0.2, 0.25) is 5.02 Å². The monoisotopic (exact) mass is 413 g/mol. The van der Waals surface area contributed by atoms with Crippen LogP contribution in [0.15, 0.2) is 48.7 Å². The van der Waals surface area contributed by atoms with Crippen LogP contribution in [-0.4, -0.2) is 20.6 Å². The van der Waals surface area contributed by atoms with Crippen molar-refractivity contribution in [3.05, 3.63) is 64.8 Å². The highest BCUT2D eigenvalue weighted by molar-refractivity contribution is 7.80. The highest BCUT2D eigenvalue weighted by atomic mass is 35.5. The highest BCUT2D eigenvalue weighted by Gasteiger charge is 2.19. The van der Waals surface area contributed by atoms with Crippen molar-refractivity contribution in [2.75, 3.05) is 5.32 Å². The average Bonchev–Trinajstić information content (AvgIpc) is 3.06. The van der Waals surface area contributed by atoms with Crippen LogP contribution < -0.4 is 5.32 Å². The number of halogens is 1. The van der Waals surface area contributed by atoms with E-state index < -0.39 is 0 Å². The third-order valence-electron chi connectivity index (χ3n) is 5.36. The second kappa shape index (κ2) is 8.97. The van der Waals surface area contributed by atoms with Gasteiger partial charge in [0.15, 0.2) is 5.11 Å². The molecule has 0 saturated heterocycles. The van der Waals surface area contributed by atoms with E-state index in [4.69, 9.17) is 23.8 Å².